The number of nitrogens with zero attached hydrogens (tertiary/aromatic N) is 1. The molecule has 0 radical (unpaired) electrons. The van der Waals surface area contributed by atoms with Crippen LogP contribution in [0.25, 0.3) is 12.2 Å². The lowest BCUT2D eigenvalue weighted by molar-refractivity contribution is -0.113. The Morgan fingerprint density at radius 1 is 0.812 bits per heavy atom. The van der Waals surface area contributed by atoms with Crippen LogP contribution in [0.1, 0.15) is 58.5 Å². The van der Waals surface area contributed by atoms with Gasteiger partial charge in [-0.2, -0.15) is 0 Å². The van der Waals surface area contributed by atoms with Crippen molar-refractivity contribution in [2.75, 3.05) is 13.1 Å². The molecule has 0 saturated carbocycles. The molecule has 0 aliphatic carbocycles. The highest BCUT2D eigenvalue weighted by molar-refractivity contribution is 6.14. The van der Waals surface area contributed by atoms with Crippen LogP contribution >= 0.6 is 0 Å². The van der Waals surface area contributed by atoms with E-state index in [9.17, 15) is 14.4 Å². The number of carbonyl (C=O) groups is 3. The first kappa shape index (κ1) is 23.2. The number of ketones is 1. The van der Waals surface area contributed by atoms with Crippen LogP contribution in [-0.2, 0) is 4.79 Å². The SMILES string of the molecule is CCC(CC)N1C/C(=C/c2ccc(C(=O)O)cc2)C(=O)/C(=C/c2ccc(C(=O)O)cc2)C1. The molecule has 32 heavy (non-hydrogen) atoms. The maximum Gasteiger partial charge on any atom is 0.335 e. The van der Waals surface area contributed by atoms with Gasteiger partial charge in [0.1, 0.15) is 0 Å². The number of carbonyl (C=O) groups excluding carboxylic acids is 1. The Balaban J connectivity index is 1.96. The first-order chi connectivity index (χ1) is 15.3. The van der Waals surface area contributed by atoms with E-state index in [1.807, 2.05) is 12.2 Å². The molecule has 0 bridgehead atoms. The Hall–Kier alpha value is -3.51. The predicted octanol–water partition coefficient (Wildman–Crippen LogP) is 4.62. The van der Waals surface area contributed by atoms with E-state index in [4.69, 9.17) is 10.2 Å². The second-order valence-electron chi connectivity index (χ2n) is 7.90. The number of benzene rings is 2. The molecule has 0 amide bonds. The second-order valence-corrected chi connectivity index (χ2v) is 7.90. The molecule has 6 nitrogen and oxygen atoms in total. The molecule has 1 heterocycles. The van der Waals surface area contributed by atoms with Crippen molar-refractivity contribution in [3.63, 3.8) is 0 Å². The van der Waals surface area contributed by atoms with Crippen molar-refractivity contribution in [3.05, 3.63) is 81.9 Å². The predicted molar refractivity (Wildman–Crippen MR) is 124 cm³/mol. The number of aromatic carboxylic acids is 2. The zero-order valence-corrected chi connectivity index (χ0v) is 18.2. The van der Waals surface area contributed by atoms with Gasteiger partial charge in [0.25, 0.3) is 0 Å². The highest BCUT2D eigenvalue weighted by atomic mass is 16.4. The Morgan fingerprint density at radius 3 is 1.50 bits per heavy atom. The molecular weight excluding hydrogens is 406 g/mol. The van der Waals surface area contributed by atoms with Crippen LogP contribution in [0.15, 0.2) is 59.7 Å². The minimum absolute atomic E-state index is 0.0446. The summed E-state index contributed by atoms with van der Waals surface area (Å²) in [4.78, 5) is 37.8. The Bertz CT molecular complexity index is 981. The summed E-state index contributed by atoms with van der Waals surface area (Å²) in [5, 5.41) is 18.2. The molecule has 1 aliphatic heterocycles. The largest absolute Gasteiger partial charge is 0.478 e. The summed E-state index contributed by atoms with van der Waals surface area (Å²) in [6, 6.07) is 13.3. The van der Waals surface area contributed by atoms with Gasteiger partial charge >= 0.3 is 11.9 Å². The maximum absolute atomic E-state index is 13.3. The molecule has 1 aliphatic rings. The second kappa shape index (κ2) is 10.2. The van der Waals surface area contributed by atoms with Gasteiger partial charge in [-0.15, -0.1) is 0 Å². The summed E-state index contributed by atoms with van der Waals surface area (Å²) < 4.78 is 0. The average molecular weight is 434 g/mol. The maximum atomic E-state index is 13.3. The number of hydrogen-bond donors (Lipinski definition) is 2. The summed E-state index contributed by atoms with van der Waals surface area (Å²) in [7, 11) is 0. The van der Waals surface area contributed by atoms with Crippen molar-refractivity contribution in [2.24, 2.45) is 0 Å². The quantitative estimate of drug-likeness (QED) is 0.619. The molecule has 1 fully saturated rings. The minimum atomic E-state index is -0.989. The van der Waals surface area contributed by atoms with Crippen molar-refractivity contribution in [3.8, 4) is 0 Å². The van der Waals surface area contributed by atoms with Crippen molar-refractivity contribution in [2.45, 2.75) is 32.7 Å². The van der Waals surface area contributed by atoms with E-state index in [0.717, 1.165) is 24.0 Å². The van der Waals surface area contributed by atoms with E-state index in [1.165, 1.54) is 24.3 Å². The molecule has 0 unspecified atom stereocenters. The van der Waals surface area contributed by atoms with Crippen molar-refractivity contribution < 1.29 is 24.6 Å². The van der Waals surface area contributed by atoms with E-state index in [2.05, 4.69) is 18.7 Å². The van der Waals surface area contributed by atoms with E-state index in [0.29, 0.717) is 30.3 Å². The molecule has 1 saturated heterocycles. The number of carboxylic acids is 2. The van der Waals surface area contributed by atoms with E-state index >= 15 is 0 Å². The molecule has 166 valence electrons. The normalized spacial score (nSPS) is 17.3. The highest BCUT2D eigenvalue weighted by Crippen LogP contribution is 2.25. The van der Waals surface area contributed by atoms with Gasteiger partial charge in [-0.1, -0.05) is 38.1 Å². The Labute approximate surface area is 187 Å². The van der Waals surface area contributed by atoms with Crippen LogP contribution < -0.4 is 0 Å². The fourth-order valence-electron chi connectivity index (χ4n) is 3.98. The van der Waals surface area contributed by atoms with Crippen molar-refractivity contribution in [1.29, 1.82) is 0 Å². The van der Waals surface area contributed by atoms with Crippen molar-refractivity contribution >= 4 is 29.9 Å². The van der Waals surface area contributed by atoms with Crippen LogP contribution in [0.2, 0.25) is 0 Å². The number of rotatable bonds is 7. The summed E-state index contributed by atoms with van der Waals surface area (Å²) in [6.45, 7) is 5.32. The number of carboxylic acid groups (broad SMARTS) is 2. The molecule has 2 N–H and O–H groups in total. The monoisotopic (exact) mass is 433 g/mol. The summed E-state index contributed by atoms with van der Waals surface area (Å²) >= 11 is 0. The Morgan fingerprint density at radius 2 is 1.19 bits per heavy atom. The summed E-state index contributed by atoms with van der Waals surface area (Å²) in [6.07, 6.45) is 5.57. The smallest absolute Gasteiger partial charge is 0.335 e. The fourth-order valence-corrected chi connectivity index (χ4v) is 3.98. The number of Topliss-reactive ketones (excluding diaryl/α,β-unsaturated/α-hetero) is 1. The first-order valence-electron chi connectivity index (χ1n) is 10.7. The zero-order chi connectivity index (χ0) is 23.3. The molecule has 6 heteroatoms. The lowest BCUT2D eigenvalue weighted by atomic mass is 9.92. The topological polar surface area (TPSA) is 94.9 Å². The van der Waals surface area contributed by atoms with Gasteiger partial charge in [0.05, 0.1) is 11.1 Å². The van der Waals surface area contributed by atoms with Crippen LogP contribution in [-0.4, -0.2) is 52.0 Å². The van der Waals surface area contributed by atoms with Crippen LogP contribution in [0.3, 0.4) is 0 Å². The molecule has 0 atom stereocenters. The van der Waals surface area contributed by atoms with Gasteiger partial charge < -0.3 is 10.2 Å². The van der Waals surface area contributed by atoms with Crippen molar-refractivity contribution in [1.82, 2.24) is 4.90 Å². The van der Waals surface area contributed by atoms with Gasteiger partial charge in [-0.25, -0.2) is 9.59 Å². The van der Waals surface area contributed by atoms with Crippen LogP contribution in [0.4, 0.5) is 0 Å². The summed E-state index contributed by atoms with van der Waals surface area (Å²) in [5.74, 6) is -2.02. The first-order valence-corrected chi connectivity index (χ1v) is 10.7. The molecule has 3 rings (SSSR count). The van der Waals surface area contributed by atoms with Gasteiger partial charge in [-0.3, -0.25) is 9.69 Å². The molecule has 0 aromatic heterocycles. The number of hydrogen-bond acceptors (Lipinski definition) is 4. The Kier molecular flexibility index (Phi) is 7.38. The number of piperidine rings is 1. The minimum Gasteiger partial charge on any atom is -0.478 e. The average Bonchev–Trinajstić information content (AvgIpc) is 2.78. The third-order valence-electron chi connectivity index (χ3n) is 5.79. The third-order valence-corrected chi connectivity index (χ3v) is 5.79. The molecular formula is C26H27NO5. The van der Waals surface area contributed by atoms with E-state index < -0.39 is 11.9 Å². The third kappa shape index (κ3) is 5.39. The molecule has 2 aromatic carbocycles. The number of likely N-dealkylation sites (tertiary alicyclic amines) is 1. The highest BCUT2D eigenvalue weighted by Gasteiger charge is 2.29. The lowest BCUT2D eigenvalue weighted by Crippen LogP contribution is -2.43. The van der Waals surface area contributed by atoms with E-state index in [1.54, 1.807) is 24.3 Å². The molecule has 2 aromatic rings. The fraction of sp³-hybridized carbons (Fsp3) is 0.269. The van der Waals surface area contributed by atoms with Gasteiger partial charge in [0.2, 0.25) is 0 Å². The van der Waals surface area contributed by atoms with E-state index in [-0.39, 0.29) is 16.9 Å². The van der Waals surface area contributed by atoms with Crippen LogP contribution in [0.5, 0.6) is 0 Å². The van der Waals surface area contributed by atoms with Crippen LogP contribution in [0, 0.1) is 0 Å². The molecule has 0 spiro atoms. The standard InChI is InChI=1S/C26H27NO5/c1-3-23(4-2)27-15-21(13-17-5-9-19(10-6-17)25(29)30)24(28)22(16-27)14-18-7-11-20(12-8-18)26(31)32/h5-14,23H,3-4,15-16H2,1-2H3,(H,29,30)(H,31,32)/b21-13-,22-14+. The van der Waals surface area contributed by atoms with Gasteiger partial charge in [0, 0.05) is 30.3 Å². The lowest BCUT2D eigenvalue weighted by Gasteiger charge is -2.35. The van der Waals surface area contributed by atoms with Gasteiger partial charge in [0.15, 0.2) is 5.78 Å². The summed E-state index contributed by atoms with van der Waals surface area (Å²) in [5.41, 5.74) is 3.25. The van der Waals surface area contributed by atoms with Gasteiger partial charge in [-0.05, 0) is 60.4 Å². The zero-order valence-electron chi connectivity index (χ0n) is 18.2.